The van der Waals surface area contributed by atoms with Crippen LogP contribution in [0.15, 0.2) is 41.3 Å². The van der Waals surface area contributed by atoms with Gasteiger partial charge in [0.2, 0.25) is 0 Å². The molecule has 29 heavy (non-hydrogen) atoms. The third kappa shape index (κ3) is 4.14. The second-order valence-corrected chi connectivity index (χ2v) is 6.67. The molecule has 0 saturated carbocycles. The number of halogens is 1. The maximum atomic E-state index is 13.0. The van der Waals surface area contributed by atoms with Crippen LogP contribution >= 0.6 is 0 Å². The van der Waals surface area contributed by atoms with Gasteiger partial charge in [0.1, 0.15) is 29.2 Å². The Morgan fingerprint density at radius 1 is 1.31 bits per heavy atom. The molecule has 0 bridgehead atoms. The molecule has 0 radical (unpaired) electrons. The first kappa shape index (κ1) is 19.1. The Labute approximate surface area is 166 Å². The topological polar surface area (TPSA) is 82.6 Å². The van der Waals surface area contributed by atoms with Crippen molar-refractivity contribution in [2.45, 2.75) is 19.5 Å². The summed E-state index contributed by atoms with van der Waals surface area (Å²) in [6, 6.07) is 5.59. The van der Waals surface area contributed by atoms with E-state index in [1.165, 1.54) is 30.7 Å². The van der Waals surface area contributed by atoms with Crippen LogP contribution in [0.5, 0.6) is 5.75 Å². The van der Waals surface area contributed by atoms with Gasteiger partial charge in [-0.2, -0.15) is 5.10 Å². The molecule has 0 aliphatic carbocycles. The SMILES string of the molecule is COCCn1nc(-c2cocn2)c2c1CCN(C(=O)COc1ccc(F)cc1)C2. The molecule has 3 aromatic rings. The van der Waals surface area contributed by atoms with Crippen molar-refractivity contribution >= 4 is 5.91 Å². The van der Waals surface area contributed by atoms with Crippen molar-refractivity contribution in [3.8, 4) is 17.1 Å². The summed E-state index contributed by atoms with van der Waals surface area (Å²) in [5, 5.41) is 4.68. The summed E-state index contributed by atoms with van der Waals surface area (Å²) in [6.45, 7) is 2.03. The zero-order valence-corrected chi connectivity index (χ0v) is 16.0. The number of aromatic nitrogens is 3. The number of hydrogen-bond acceptors (Lipinski definition) is 6. The fourth-order valence-corrected chi connectivity index (χ4v) is 3.37. The van der Waals surface area contributed by atoms with Gasteiger partial charge in [0.25, 0.3) is 5.91 Å². The molecule has 1 aromatic carbocycles. The number of oxazole rings is 1. The Morgan fingerprint density at radius 3 is 2.86 bits per heavy atom. The smallest absolute Gasteiger partial charge is 0.260 e. The molecule has 4 rings (SSSR count). The van der Waals surface area contributed by atoms with Crippen molar-refractivity contribution in [1.82, 2.24) is 19.7 Å². The van der Waals surface area contributed by atoms with Gasteiger partial charge in [-0.15, -0.1) is 0 Å². The molecule has 0 fully saturated rings. The monoisotopic (exact) mass is 400 g/mol. The summed E-state index contributed by atoms with van der Waals surface area (Å²) < 4.78 is 30.7. The molecule has 9 heteroatoms. The summed E-state index contributed by atoms with van der Waals surface area (Å²) in [5.74, 6) is -0.0399. The molecule has 1 aliphatic heterocycles. The van der Waals surface area contributed by atoms with E-state index < -0.39 is 0 Å². The third-order valence-electron chi connectivity index (χ3n) is 4.84. The Bertz CT molecular complexity index is 969. The lowest BCUT2D eigenvalue weighted by atomic mass is 10.0. The Morgan fingerprint density at radius 2 is 2.14 bits per heavy atom. The van der Waals surface area contributed by atoms with E-state index in [1.54, 1.807) is 18.3 Å². The van der Waals surface area contributed by atoms with Gasteiger partial charge in [-0.05, 0) is 24.3 Å². The number of fused-ring (bicyclic) bond motifs is 1. The van der Waals surface area contributed by atoms with Crippen molar-refractivity contribution in [2.75, 3.05) is 26.9 Å². The van der Waals surface area contributed by atoms with Gasteiger partial charge in [0.05, 0.1) is 13.2 Å². The van der Waals surface area contributed by atoms with Crippen molar-refractivity contribution in [3.63, 3.8) is 0 Å². The number of carbonyl (C=O) groups is 1. The van der Waals surface area contributed by atoms with Crippen LogP contribution < -0.4 is 4.74 Å². The molecular formula is C20H21FN4O4. The molecule has 1 aliphatic rings. The number of ether oxygens (including phenoxy) is 2. The number of hydrogen-bond donors (Lipinski definition) is 0. The molecule has 2 aromatic heterocycles. The van der Waals surface area contributed by atoms with Crippen LogP contribution in [0.4, 0.5) is 4.39 Å². The molecule has 1 amide bonds. The van der Waals surface area contributed by atoms with Gasteiger partial charge in [-0.25, -0.2) is 9.37 Å². The minimum absolute atomic E-state index is 0.113. The molecular weight excluding hydrogens is 379 g/mol. The Balaban J connectivity index is 1.50. The predicted octanol–water partition coefficient (Wildman–Crippen LogP) is 2.29. The molecule has 0 atom stereocenters. The van der Waals surface area contributed by atoms with E-state index in [-0.39, 0.29) is 18.3 Å². The fourth-order valence-electron chi connectivity index (χ4n) is 3.37. The van der Waals surface area contributed by atoms with Crippen molar-refractivity contribution in [1.29, 1.82) is 0 Å². The summed E-state index contributed by atoms with van der Waals surface area (Å²) in [7, 11) is 1.65. The second kappa shape index (κ2) is 8.44. The lowest BCUT2D eigenvalue weighted by molar-refractivity contribution is -0.134. The molecule has 8 nitrogen and oxygen atoms in total. The van der Waals surface area contributed by atoms with Gasteiger partial charge in [0.15, 0.2) is 13.0 Å². The van der Waals surface area contributed by atoms with Gasteiger partial charge in [-0.1, -0.05) is 0 Å². The highest BCUT2D eigenvalue weighted by Gasteiger charge is 2.29. The maximum Gasteiger partial charge on any atom is 0.260 e. The van der Waals surface area contributed by atoms with Crippen LogP contribution in [0.1, 0.15) is 11.3 Å². The van der Waals surface area contributed by atoms with Gasteiger partial charge < -0.3 is 18.8 Å². The number of benzene rings is 1. The number of methoxy groups -OCH3 is 1. The summed E-state index contributed by atoms with van der Waals surface area (Å²) >= 11 is 0. The summed E-state index contributed by atoms with van der Waals surface area (Å²) in [5.41, 5.74) is 3.37. The number of rotatable bonds is 7. The highest BCUT2D eigenvalue weighted by atomic mass is 19.1. The van der Waals surface area contributed by atoms with Crippen molar-refractivity contribution < 1.29 is 23.1 Å². The van der Waals surface area contributed by atoms with Gasteiger partial charge in [0, 0.05) is 37.9 Å². The van der Waals surface area contributed by atoms with E-state index in [0.29, 0.717) is 49.8 Å². The lowest BCUT2D eigenvalue weighted by Crippen LogP contribution is -2.39. The predicted molar refractivity (Wildman–Crippen MR) is 101 cm³/mol. The van der Waals surface area contributed by atoms with E-state index >= 15 is 0 Å². The van der Waals surface area contributed by atoms with Gasteiger partial charge >= 0.3 is 0 Å². The van der Waals surface area contributed by atoms with E-state index in [2.05, 4.69) is 10.1 Å². The average molecular weight is 400 g/mol. The van der Waals surface area contributed by atoms with Gasteiger partial charge in [-0.3, -0.25) is 9.48 Å². The van der Waals surface area contributed by atoms with Crippen LogP contribution in [0.3, 0.4) is 0 Å². The first-order valence-electron chi connectivity index (χ1n) is 9.28. The minimum atomic E-state index is -0.349. The average Bonchev–Trinajstić information content (AvgIpc) is 3.39. The fraction of sp³-hybridized carbons (Fsp3) is 0.350. The Hall–Kier alpha value is -3.20. The number of nitrogens with zero attached hydrogens (tertiary/aromatic N) is 4. The summed E-state index contributed by atoms with van der Waals surface area (Å²) in [4.78, 5) is 18.6. The lowest BCUT2D eigenvalue weighted by Gasteiger charge is -2.28. The van der Waals surface area contributed by atoms with Crippen LogP contribution in [-0.2, 0) is 29.0 Å². The highest BCUT2D eigenvalue weighted by molar-refractivity contribution is 5.78. The zero-order valence-electron chi connectivity index (χ0n) is 16.0. The third-order valence-corrected chi connectivity index (χ3v) is 4.84. The second-order valence-electron chi connectivity index (χ2n) is 6.67. The molecule has 0 spiro atoms. The van der Waals surface area contributed by atoms with Crippen molar-refractivity contribution in [3.05, 3.63) is 54.0 Å². The minimum Gasteiger partial charge on any atom is -0.484 e. The first-order chi connectivity index (χ1) is 14.2. The van der Waals surface area contributed by atoms with Crippen LogP contribution in [-0.4, -0.2) is 52.4 Å². The van der Waals surface area contributed by atoms with E-state index in [9.17, 15) is 9.18 Å². The standard InChI is InChI=1S/C20H21FN4O4/c1-27-9-8-25-18-6-7-24(10-16(18)20(23-25)17-11-28-13-22-17)19(26)12-29-15-4-2-14(21)3-5-15/h2-5,11,13H,6-10,12H2,1H3. The van der Waals surface area contributed by atoms with Crippen LogP contribution in [0.25, 0.3) is 11.4 Å². The molecule has 152 valence electrons. The van der Waals surface area contributed by atoms with E-state index in [4.69, 9.17) is 13.9 Å². The zero-order chi connectivity index (χ0) is 20.2. The first-order valence-corrected chi connectivity index (χ1v) is 9.28. The molecule has 0 saturated heterocycles. The highest BCUT2D eigenvalue weighted by Crippen LogP contribution is 2.29. The Kier molecular flexibility index (Phi) is 5.57. The summed E-state index contributed by atoms with van der Waals surface area (Å²) in [6.07, 6.45) is 3.58. The number of amides is 1. The maximum absolute atomic E-state index is 13.0. The molecule has 0 unspecified atom stereocenters. The van der Waals surface area contributed by atoms with Crippen LogP contribution in [0, 0.1) is 5.82 Å². The molecule has 3 heterocycles. The largest absolute Gasteiger partial charge is 0.484 e. The number of carbonyl (C=O) groups excluding carboxylic acids is 1. The molecule has 0 N–H and O–H groups in total. The quantitative estimate of drug-likeness (QED) is 0.605. The van der Waals surface area contributed by atoms with E-state index in [1.807, 2.05) is 4.68 Å². The normalized spacial score (nSPS) is 13.4. The van der Waals surface area contributed by atoms with E-state index in [0.717, 1.165) is 11.3 Å². The van der Waals surface area contributed by atoms with Crippen LogP contribution in [0.2, 0.25) is 0 Å². The van der Waals surface area contributed by atoms with Crippen molar-refractivity contribution in [2.24, 2.45) is 0 Å².